The zero-order valence-corrected chi connectivity index (χ0v) is 11.5. The van der Waals surface area contributed by atoms with Gasteiger partial charge in [0.15, 0.2) is 17.2 Å². The number of esters is 1. The number of para-hydroxylation sites is 1. The summed E-state index contributed by atoms with van der Waals surface area (Å²) in [7, 11) is 3.07. The maximum absolute atomic E-state index is 11.6. The minimum atomic E-state index is -0.524. The molecule has 106 valence electrons. The normalized spacial score (nSPS) is 10.2. The van der Waals surface area contributed by atoms with Gasteiger partial charge in [0.25, 0.3) is 0 Å². The molecule has 0 aliphatic heterocycles. The van der Waals surface area contributed by atoms with Gasteiger partial charge >= 0.3 is 5.97 Å². The van der Waals surface area contributed by atoms with Crippen LogP contribution in [0.5, 0.6) is 11.5 Å². The van der Waals surface area contributed by atoms with Crippen molar-refractivity contribution in [3.63, 3.8) is 0 Å². The molecule has 0 aliphatic rings. The minimum Gasteiger partial charge on any atom is -0.493 e. The maximum atomic E-state index is 11.6. The fourth-order valence-corrected chi connectivity index (χ4v) is 1.75. The van der Waals surface area contributed by atoms with Gasteiger partial charge in [-0.15, -0.1) is 0 Å². The van der Waals surface area contributed by atoms with Crippen molar-refractivity contribution in [2.45, 2.75) is 6.92 Å². The molecule has 2 rings (SSSR count). The molecule has 1 heterocycles. The molecule has 1 aromatic heterocycles. The number of rotatable bonds is 5. The summed E-state index contributed by atoms with van der Waals surface area (Å²) in [4.78, 5) is 15.7. The summed E-state index contributed by atoms with van der Waals surface area (Å²) in [5.74, 6) is 0.793. The van der Waals surface area contributed by atoms with E-state index in [1.807, 2.05) is 0 Å². The summed E-state index contributed by atoms with van der Waals surface area (Å²) in [6.07, 6.45) is 1.26. The Morgan fingerprint density at radius 3 is 2.75 bits per heavy atom. The average Bonchev–Trinajstić information content (AvgIpc) is 2.96. The van der Waals surface area contributed by atoms with Crippen molar-refractivity contribution < 1.29 is 23.4 Å². The summed E-state index contributed by atoms with van der Waals surface area (Å²) in [6, 6.07) is 5.31. The second-order valence-electron chi connectivity index (χ2n) is 3.80. The van der Waals surface area contributed by atoms with Crippen LogP contribution in [0.15, 0.2) is 28.9 Å². The van der Waals surface area contributed by atoms with Crippen LogP contribution in [0.1, 0.15) is 17.4 Å². The highest BCUT2D eigenvalue weighted by Crippen LogP contribution is 2.37. The molecule has 0 radical (unpaired) electrons. The molecule has 0 aliphatic carbocycles. The quantitative estimate of drug-likeness (QED) is 0.782. The lowest BCUT2D eigenvalue weighted by atomic mass is 10.2. The van der Waals surface area contributed by atoms with E-state index in [0.717, 1.165) is 0 Å². The maximum Gasteiger partial charge on any atom is 0.360 e. The van der Waals surface area contributed by atoms with Crippen molar-refractivity contribution in [3.05, 3.63) is 30.2 Å². The monoisotopic (exact) mass is 277 g/mol. The van der Waals surface area contributed by atoms with Gasteiger partial charge < -0.3 is 18.6 Å². The van der Waals surface area contributed by atoms with Crippen LogP contribution in [0.2, 0.25) is 0 Å². The van der Waals surface area contributed by atoms with Gasteiger partial charge in [-0.3, -0.25) is 0 Å². The summed E-state index contributed by atoms with van der Waals surface area (Å²) in [5.41, 5.74) is 0.717. The zero-order chi connectivity index (χ0) is 14.5. The van der Waals surface area contributed by atoms with Crippen LogP contribution in [0.4, 0.5) is 0 Å². The Balaban J connectivity index is 2.40. The third-order valence-corrected chi connectivity index (χ3v) is 2.62. The number of aromatic nitrogens is 1. The van der Waals surface area contributed by atoms with E-state index in [2.05, 4.69) is 4.98 Å². The van der Waals surface area contributed by atoms with Gasteiger partial charge in [-0.25, -0.2) is 9.78 Å². The molecule has 20 heavy (non-hydrogen) atoms. The van der Waals surface area contributed by atoms with Crippen molar-refractivity contribution in [1.82, 2.24) is 4.98 Å². The van der Waals surface area contributed by atoms with E-state index in [4.69, 9.17) is 18.6 Å². The Labute approximate surface area is 116 Å². The third kappa shape index (κ3) is 2.59. The van der Waals surface area contributed by atoms with Crippen molar-refractivity contribution in [3.8, 4) is 23.0 Å². The summed E-state index contributed by atoms with van der Waals surface area (Å²) < 4.78 is 20.7. The van der Waals surface area contributed by atoms with Crippen LogP contribution in [0.25, 0.3) is 11.5 Å². The number of carbonyl (C=O) groups is 1. The summed E-state index contributed by atoms with van der Waals surface area (Å²) >= 11 is 0. The van der Waals surface area contributed by atoms with Gasteiger partial charge in [-0.05, 0) is 19.1 Å². The van der Waals surface area contributed by atoms with E-state index < -0.39 is 5.97 Å². The topological polar surface area (TPSA) is 70.8 Å². The highest BCUT2D eigenvalue weighted by molar-refractivity contribution is 5.87. The van der Waals surface area contributed by atoms with Crippen LogP contribution in [-0.2, 0) is 4.74 Å². The van der Waals surface area contributed by atoms with Gasteiger partial charge in [-0.1, -0.05) is 6.07 Å². The molecule has 2 aromatic rings. The number of carbonyl (C=O) groups excluding carboxylic acids is 1. The third-order valence-electron chi connectivity index (χ3n) is 2.62. The lowest BCUT2D eigenvalue weighted by Crippen LogP contribution is -2.04. The molecule has 0 spiro atoms. The van der Waals surface area contributed by atoms with E-state index in [1.54, 1.807) is 32.2 Å². The van der Waals surface area contributed by atoms with Crippen LogP contribution in [0, 0.1) is 0 Å². The molecule has 0 fully saturated rings. The van der Waals surface area contributed by atoms with Crippen LogP contribution < -0.4 is 9.47 Å². The standard InChI is InChI=1S/C14H15NO5/c1-4-19-14(16)10-8-20-13(15-10)9-6-5-7-11(17-2)12(9)18-3/h5-8H,4H2,1-3H3. The molecule has 0 bridgehead atoms. The predicted octanol–water partition coefficient (Wildman–Crippen LogP) is 2.54. The molecular weight excluding hydrogens is 262 g/mol. The fourth-order valence-electron chi connectivity index (χ4n) is 1.75. The fraction of sp³-hybridized carbons (Fsp3) is 0.286. The second kappa shape index (κ2) is 6.10. The number of hydrogen-bond donors (Lipinski definition) is 0. The van der Waals surface area contributed by atoms with E-state index in [9.17, 15) is 4.79 Å². The summed E-state index contributed by atoms with van der Waals surface area (Å²) in [6.45, 7) is 2.01. The van der Waals surface area contributed by atoms with Crippen molar-refractivity contribution in [1.29, 1.82) is 0 Å². The van der Waals surface area contributed by atoms with E-state index >= 15 is 0 Å². The SMILES string of the molecule is CCOC(=O)c1coc(-c2cccc(OC)c2OC)n1. The molecule has 0 saturated heterocycles. The number of ether oxygens (including phenoxy) is 3. The molecule has 0 amide bonds. The lowest BCUT2D eigenvalue weighted by Gasteiger charge is -2.09. The average molecular weight is 277 g/mol. The molecule has 6 nitrogen and oxygen atoms in total. The smallest absolute Gasteiger partial charge is 0.360 e. The van der Waals surface area contributed by atoms with Gasteiger partial charge in [-0.2, -0.15) is 0 Å². The Kier molecular flexibility index (Phi) is 4.24. The van der Waals surface area contributed by atoms with Crippen molar-refractivity contribution >= 4 is 5.97 Å². The number of hydrogen-bond acceptors (Lipinski definition) is 6. The second-order valence-corrected chi connectivity index (χ2v) is 3.80. The van der Waals surface area contributed by atoms with E-state index in [-0.39, 0.29) is 18.2 Å². The summed E-state index contributed by atoms with van der Waals surface area (Å²) in [5, 5.41) is 0. The Morgan fingerprint density at radius 2 is 2.10 bits per heavy atom. The first-order valence-corrected chi connectivity index (χ1v) is 6.05. The number of methoxy groups -OCH3 is 2. The Bertz CT molecular complexity index is 605. The van der Waals surface area contributed by atoms with Crippen LogP contribution >= 0.6 is 0 Å². The Hall–Kier alpha value is -2.50. The van der Waals surface area contributed by atoms with Gasteiger partial charge in [0, 0.05) is 0 Å². The molecule has 0 unspecified atom stereocenters. The lowest BCUT2D eigenvalue weighted by molar-refractivity contribution is 0.0519. The largest absolute Gasteiger partial charge is 0.493 e. The van der Waals surface area contributed by atoms with E-state index in [0.29, 0.717) is 17.1 Å². The number of oxazole rings is 1. The van der Waals surface area contributed by atoms with Gasteiger partial charge in [0.2, 0.25) is 5.89 Å². The predicted molar refractivity (Wildman–Crippen MR) is 71.0 cm³/mol. The molecular formula is C14H15NO5. The van der Waals surface area contributed by atoms with Crippen molar-refractivity contribution in [2.75, 3.05) is 20.8 Å². The Morgan fingerprint density at radius 1 is 1.30 bits per heavy atom. The first kappa shape index (κ1) is 13.9. The molecule has 1 aromatic carbocycles. The van der Waals surface area contributed by atoms with E-state index in [1.165, 1.54) is 13.4 Å². The highest BCUT2D eigenvalue weighted by Gasteiger charge is 2.19. The zero-order valence-electron chi connectivity index (χ0n) is 11.5. The molecule has 0 atom stereocenters. The van der Waals surface area contributed by atoms with Gasteiger partial charge in [0.05, 0.1) is 26.4 Å². The number of nitrogens with zero attached hydrogens (tertiary/aromatic N) is 1. The first-order chi connectivity index (χ1) is 9.71. The van der Waals surface area contributed by atoms with Crippen molar-refractivity contribution in [2.24, 2.45) is 0 Å². The molecule has 0 saturated carbocycles. The highest BCUT2D eigenvalue weighted by atomic mass is 16.5. The van der Waals surface area contributed by atoms with Crippen LogP contribution in [0.3, 0.4) is 0 Å². The molecule has 6 heteroatoms. The van der Waals surface area contributed by atoms with Crippen LogP contribution in [-0.4, -0.2) is 31.8 Å². The molecule has 0 N–H and O–H groups in total. The number of benzene rings is 1. The first-order valence-electron chi connectivity index (χ1n) is 6.05. The van der Waals surface area contributed by atoms with Gasteiger partial charge in [0.1, 0.15) is 6.26 Å². The minimum absolute atomic E-state index is 0.117.